The van der Waals surface area contributed by atoms with Crippen molar-refractivity contribution in [1.82, 2.24) is 14.8 Å². The van der Waals surface area contributed by atoms with Gasteiger partial charge in [-0.25, -0.2) is 9.78 Å². The van der Waals surface area contributed by atoms with E-state index in [4.69, 9.17) is 9.90 Å². The second kappa shape index (κ2) is 9.87. The van der Waals surface area contributed by atoms with E-state index in [1.165, 1.54) is 0 Å². The highest BCUT2D eigenvalue weighted by atomic mass is 32.1. The molecule has 3 heterocycles. The number of amides is 2. The molecule has 0 bridgehead atoms. The first-order chi connectivity index (χ1) is 15.5. The van der Waals surface area contributed by atoms with E-state index in [1.54, 1.807) is 23.2 Å². The zero-order chi connectivity index (χ0) is 24.2. The maximum atomic E-state index is 12.7. The molecule has 1 unspecified atom stereocenters. The van der Waals surface area contributed by atoms with Crippen LogP contribution in [-0.4, -0.2) is 75.6 Å². The highest BCUT2D eigenvalue weighted by Crippen LogP contribution is 2.35. The number of aliphatic carboxylic acids is 1. The van der Waals surface area contributed by atoms with Crippen LogP contribution in [-0.2, 0) is 20.9 Å². The van der Waals surface area contributed by atoms with Crippen molar-refractivity contribution >= 4 is 34.8 Å². The molecule has 0 aliphatic carbocycles. The number of rotatable bonds is 3. The van der Waals surface area contributed by atoms with Gasteiger partial charge in [0.15, 0.2) is 0 Å². The molecule has 1 aromatic carbocycles. The maximum absolute atomic E-state index is 12.7. The summed E-state index contributed by atoms with van der Waals surface area (Å²) in [6, 6.07) is 9.74. The summed E-state index contributed by atoms with van der Waals surface area (Å²) in [6.45, 7) is 4.73. The molecular weight excluding hydrogens is 461 g/mol. The minimum atomic E-state index is -5.08. The number of carbonyl (C=O) groups excluding carboxylic acids is 2. The molecule has 4 rings (SSSR count). The molecule has 1 aromatic heterocycles. The van der Waals surface area contributed by atoms with Gasteiger partial charge in [0.2, 0.25) is 11.8 Å². The quantitative estimate of drug-likeness (QED) is 0.720. The fourth-order valence-electron chi connectivity index (χ4n) is 4.09. The molecule has 178 valence electrons. The zero-order valence-corrected chi connectivity index (χ0v) is 18.6. The number of nitrogens with zero attached hydrogens (tertiary/aromatic N) is 4. The number of likely N-dealkylation sites (tertiary alicyclic amines) is 1. The van der Waals surface area contributed by atoms with Gasteiger partial charge in [0, 0.05) is 37.3 Å². The Morgan fingerprint density at radius 1 is 1.21 bits per heavy atom. The Balaban J connectivity index is 0.000000383. The van der Waals surface area contributed by atoms with Gasteiger partial charge in [0.1, 0.15) is 11.6 Å². The predicted molar refractivity (Wildman–Crippen MR) is 115 cm³/mol. The number of alkyl halides is 3. The monoisotopic (exact) mass is 484 g/mol. The number of carbonyl (C=O) groups is 3. The Morgan fingerprint density at radius 2 is 1.88 bits per heavy atom. The molecule has 12 heteroatoms. The first kappa shape index (κ1) is 24.6. The average Bonchev–Trinajstić information content (AvgIpc) is 3.41. The van der Waals surface area contributed by atoms with Crippen LogP contribution in [0, 0.1) is 0 Å². The Morgan fingerprint density at radius 3 is 2.42 bits per heavy atom. The first-order valence-corrected chi connectivity index (χ1v) is 10.9. The highest BCUT2D eigenvalue weighted by molar-refractivity contribution is 7.09. The van der Waals surface area contributed by atoms with Gasteiger partial charge in [-0.2, -0.15) is 13.2 Å². The molecule has 1 atom stereocenters. The number of piperazine rings is 1. The van der Waals surface area contributed by atoms with Crippen LogP contribution in [0.2, 0.25) is 0 Å². The van der Waals surface area contributed by atoms with Crippen LogP contribution in [0.4, 0.5) is 18.9 Å². The molecule has 0 saturated carbocycles. The van der Waals surface area contributed by atoms with Crippen molar-refractivity contribution in [1.29, 1.82) is 0 Å². The molecule has 2 saturated heterocycles. The van der Waals surface area contributed by atoms with Crippen LogP contribution in [0.25, 0.3) is 0 Å². The number of hydrogen-bond acceptors (Lipinski definition) is 6. The number of para-hydroxylation sites is 1. The summed E-state index contributed by atoms with van der Waals surface area (Å²) in [5.74, 6) is -2.80. The predicted octanol–water partition coefficient (Wildman–Crippen LogP) is 2.62. The van der Waals surface area contributed by atoms with Crippen molar-refractivity contribution in [3.8, 4) is 0 Å². The van der Waals surface area contributed by atoms with E-state index in [0.29, 0.717) is 6.54 Å². The van der Waals surface area contributed by atoms with E-state index in [2.05, 4.69) is 9.88 Å². The number of aromatic nitrogens is 1. The van der Waals surface area contributed by atoms with E-state index >= 15 is 0 Å². The van der Waals surface area contributed by atoms with Crippen LogP contribution < -0.4 is 4.90 Å². The smallest absolute Gasteiger partial charge is 0.475 e. The fourth-order valence-corrected chi connectivity index (χ4v) is 4.75. The van der Waals surface area contributed by atoms with Crippen molar-refractivity contribution in [2.75, 3.05) is 31.1 Å². The van der Waals surface area contributed by atoms with Gasteiger partial charge in [-0.15, -0.1) is 11.3 Å². The molecule has 1 N–H and O–H groups in total. The molecular formula is C21H23F3N4O4S. The summed E-state index contributed by atoms with van der Waals surface area (Å²) in [6.07, 6.45) is -2.39. The van der Waals surface area contributed by atoms with Crippen molar-refractivity contribution in [3.05, 3.63) is 46.9 Å². The fraction of sp³-hybridized carbons (Fsp3) is 0.429. The van der Waals surface area contributed by atoms with Crippen LogP contribution in [0.5, 0.6) is 0 Å². The lowest BCUT2D eigenvalue weighted by Gasteiger charge is -2.48. The van der Waals surface area contributed by atoms with Crippen molar-refractivity contribution < 1.29 is 32.7 Å². The summed E-state index contributed by atoms with van der Waals surface area (Å²) in [5.41, 5.74) is 0.575. The molecule has 1 spiro atoms. The third-order valence-corrected chi connectivity index (χ3v) is 6.33. The summed E-state index contributed by atoms with van der Waals surface area (Å²) in [4.78, 5) is 44.2. The number of thiazole rings is 1. The van der Waals surface area contributed by atoms with E-state index < -0.39 is 12.1 Å². The largest absolute Gasteiger partial charge is 0.490 e. The van der Waals surface area contributed by atoms with E-state index in [1.807, 2.05) is 46.8 Å². The lowest BCUT2D eigenvalue weighted by atomic mass is 9.91. The molecule has 2 aliphatic rings. The van der Waals surface area contributed by atoms with Crippen LogP contribution in [0.1, 0.15) is 18.4 Å². The molecule has 2 aliphatic heterocycles. The summed E-state index contributed by atoms with van der Waals surface area (Å²) in [7, 11) is 0. The van der Waals surface area contributed by atoms with Crippen molar-refractivity contribution in [2.45, 2.75) is 31.6 Å². The molecule has 0 radical (unpaired) electrons. The molecule has 2 amide bonds. The Hall–Kier alpha value is -2.99. The van der Waals surface area contributed by atoms with Gasteiger partial charge >= 0.3 is 12.1 Å². The highest BCUT2D eigenvalue weighted by Gasteiger charge is 2.50. The molecule has 2 aromatic rings. The number of halogens is 3. The van der Waals surface area contributed by atoms with Crippen molar-refractivity contribution in [3.63, 3.8) is 0 Å². The van der Waals surface area contributed by atoms with Crippen LogP contribution in [0.3, 0.4) is 0 Å². The third-order valence-electron chi connectivity index (χ3n) is 5.56. The number of benzene rings is 1. The second-order valence-electron chi connectivity index (χ2n) is 7.83. The lowest BCUT2D eigenvalue weighted by Crippen LogP contribution is -2.66. The summed E-state index contributed by atoms with van der Waals surface area (Å²) in [5, 5.41) is 10.2. The number of carboxylic acid groups (broad SMARTS) is 1. The molecule has 2 fully saturated rings. The topological polar surface area (TPSA) is 94.1 Å². The van der Waals surface area contributed by atoms with Gasteiger partial charge in [-0.1, -0.05) is 18.2 Å². The minimum Gasteiger partial charge on any atom is -0.475 e. The number of hydrogen-bond donors (Lipinski definition) is 1. The lowest BCUT2D eigenvalue weighted by molar-refractivity contribution is -0.192. The minimum absolute atomic E-state index is 0.0181. The van der Waals surface area contributed by atoms with Crippen molar-refractivity contribution in [2.24, 2.45) is 0 Å². The average molecular weight is 485 g/mol. The summed E-state index contributed by atoms with van der Waals surface area (Å²) >= 11 is 1.65. The first-order valence-electron chi connectivity index (χ1n) is 10.1. The van der Waals surface area contributed by atoms with Gasteiger partial charge in [-0.3, -0.25) is 14.5 Å². The summed E-state index contributed by atoms with van der Waals surface area (Å²) < 4.78 is 31.7. The van der Waals surface area contributed by atoms with Gasteiger partial charge < -0.3 is 14.9 Å². The number of carboxylic acids is 1. The van der Waals surface area contributed by atoms with Crippen LogP contribution in [0.15, 0.2) is 41.9 Å². The molecule has 8 nitrogen and oxygen atoms in total. The SMILES string of the molecule is CC(=O)N1CC(=O)N(c2ccccc2)CC12CCN(Cc1nccs1)C2.O=C(O)C(F)(F)F. The van der Waals surface area contributed by atoms with Gasteiger partial charge in [0.05, 0.1) is 18.6 Å². The van der Waals surface area contributed by atoms with E-state index in [0.717, 1.165) is 36.8 Å². The third kappa shape index (κ3) is 5.88. The van der Waals surface area contributed by atoms with Gasteiger partial charge in [0.25, 0.3) is 0 Å². The second-order valence-corrected chi connectivity index (χ2v) is 8.81. The maximum Gasteiger partial charge on any atom is 0.490 e. The standard InChI is InChI=1S/C19H22N4O2S.C2HF3O2/c1-15(24)23-12-18(25)22(16-5-3-2-4-6-16)14-19(23)7-9-21(13-19)11-17-20-8-10-26-17;3-2(4,5)1(6)7/h2-6,8,10H,7,9,11-14H2,1H3;(H,6,7). The van der Waals surface area contributed by atoms with Crippen LogP contribution >= 0.6 is 11.3 Å². The Labute approximate surface area is 192 Å². The molecule has 33 heavy (non-hydrogen) atoms. The van der Waals surface area contributed by atoms with E-state index in [9.17, 15) is 22.8 Å². The van der Waals surface area contributed by atoms with E-state index in [-0.39, 0.29) is 23.9 Å². The Kier molecular flexibility index (Phi) is 7.38. The Bertz CT molecular complexity index is 987. The van der Waals surface area contributed by atoms with Gasteiger partial charge in [-0.05, 0) is 18.6 Å². The normalized spacial score (nSPS) is 21.2. The number of anilines is 1. The zero-order valence-electron chi connectivity index (χ0n) is 17.8.